The highest BCUT2D eigenvalue weighted by atomic mass is 32.2. The number of carbonyl (C=O) groups is 1. The number of nitrogens with zero attached hydrogens (tertiary/aromatic N) is 5. The Bertz CT molecular complexity index is 1440. The molecule has 0 aliphatic carbocycles. The predicted octanol–water partition coefficient (Wildman–Crippen LogP) is 6.48. The van der Waals surface area contributed by atoms with Gasteiger partial charge < -0.3 is 4.90 Å². The van der Waals surface area contributed by atoms with Crippen molar-refractivity contribution in [3.63, 3.8) is 0 Å². The molecule has 2 heterocycles. The molecule has 6 nitrogen and oxygen atoms in total. The number of hydrogen-bond donors (Lipinski definition) is 0. The molecule has 0 bridgehead atoms. The van der Waals surface area contributed by atoms with E-state index in [1.807, 2.05) is 53.4 Å². The number of hydrogen-bond acceptors (Lipinski definition) is 5. The number of alkyl halides is 3. The molecule has 0 unspecified atom stereocenters. The Balaban J connectivity index is 1.14. The van der Waals surface area contributed by atoms with Crippen LogP contribution in [0, 0.1) is 0 Å². The van der Waals surface area contributed by atoms with E-state index in [1.54, 1.807) is 10.6 Å². The van der Waals surface area contributed by atoms with Crippen LogP contribution < -0.4 is 0 Å². The number of halogens is 3. The fourth-order valence-electron chi connectivity index (χ4n) is 5.06. The molecule has 0 radical (unpaired) electrons. The summed E-state index contributed by atoms with van der Waals surface area (Å²) in [6.45, 7) is 4.12. The van der Waals surface area contributed by atoms with Crippen molar-refractivity contribution in [1.29, 1.82) is 0 Å². The minimum absolute atomic E-state index is 0.177. The summed E-state index contributed by atoms with van der Waals surface area (Å²) >= 11 is 1.45. The normalized spacial score (nSPS) is 14.3. The van der Waals surface area contributed by atoms with Crippen molar-refractivity contribution in [1.82, 2.24) is 24.6 Å². The van der Waals surface area contributed by atoms with Crippen LogP contribution in [0.25, 0.3) is 5.69 Å². The largest absolute Gasteiger partial charge is 0.416 e. The molecule has 1 fully saturated rings. The number of aromatic nitrogens is 3. The molecule has 42 heavy (non-hydrogen) atoms. The number of benzene rings is 3. The number of rotatable bonds is 11. The predicted molar refractivity (Wildman–Crippen MR) is 158 cm³/mol. The van der Waals surface area contributed by atoms with Gasteiger partial charge in [0, 0.05) is 51.3 Å². The minimum atomic E-state index is -4.45. The van der Waals surface area contributed by atoms with Gasteiger partial charge in [-0.3, -0.25) is 14.3 Å². The number of piperazine rings is 1. The monoisotopic (exact) mass is 593 g/mol. The molecule has 5 rings (SSSR count). The standard InChI is InChI=1S/C32H34F3N5OS/c33-32(34,35)27-14-9-15-28(23-27)40-29(22-25-10-3-1-4-11-25)36-37-31(40)42-21-8-7-16-30(41)39-19-17-38(18-20-39)24-26-12-5-2-6-13-26/h1-6,9-15,23H,7-8,16-22,24H2. The minimum Gasteiger partial charge on any atom is -0.340 e. The van der Waals surface area contributed by atoms with Crippen molar-refractivity contribution >= 4 is 17.7 Å². The molecule has 220 valence electrons. The van der Waals surface area contributed by atoms with Crippen molar-refractivity contribution in [2.45, 2.75) is 43.6 Å². The van der Waals surface area contributed by atoms with Crippen molar-refractivity contribution in [2.75, 3.05) is 31.9 Å². The Kier molecular flexibility index (Phi) is 9.97. The topological polar surface area (TPSA) is 54.3 Å². The van der Waals surface area contributed by atoms with Crippen molar-refractivity contribution in [3.8, 4) is 5.69 Å². The van der Waals surface area contributed by atoms with Crippen LogP contribution in [0.1, 0.15) is 41.8 Å². The molecule has 4 aromatic rings. The Morgan fingerprint density at radius 3 is 2.19 bits per heavy atom. The summed E-state index contributed by atoms with van der Waals surface area (Å²) in [5.41, 5.74) is 1.94. The second kappa shape index (κ2) is 14.0. The lowest BCUT2D eigenvalue weighted by atomic mass is 10.1. The summed E-state index contributed by atoms with van der Waals surface area (Å²) in [5, 5.41) is 9.23. The first-order chi connectivity index (χ1) is 20.4. The molecular formula is C32H34F3N5OS. The summed E-state index contributed by atoms with van der Waals surface area (Å²) in [4.78, 5) is 17.1. The zero-order chi connectivity index (χ0) is 29.4. The van der Waals surface area contributed by atoms with Crippen LogP contribution in [0.4, 0.5) is 13.2 Å². The fourth-order valence-corrected chi connectivity index (χ4v) is 6.03. The molecule has 1 aliphatic heterocycles. The average Bonchev–Trinajstić information content (AvgIpc) is 3.40. The van der Waals surface area contributed by atoms with Gasteiger partial charge in [0.15, 0.2) is 5.16 Å². The van der Waals surface area contributed by atoms with E-state index < -0.39 is 11.7 Å². The third kappa shape index (κ3) is 8.01. The van der Waals surface area contributed by atoms with Crippen LogP contribution in [-0.4, -0.2) is 62.4 Å². The third-order valence-corrected chi connectivity index (χ3v) is 8.34. The van der Waals surface area contributed by atoms with E-state index in [9.17, 15) is 18.0 Å². The fraction of sp³-hybridized carbons (Fsp3) is 0.344. The van der Waals surface area contributed by atoms with Gasteiger partial charge >= 0.3 is 6.18 Å². The lowest BCUT2D eigenvalue weighted by molar-refractivity contribution is -0.137. The summed E-state index contributed by atoms with van der Waals surface area (Å²) in [6, 6.07) is 25.3. The zero-order valence-corrected chi connectivity index (χ0v) is 24.2. The van der Waals surface area contributed by atoms with Gasteiger partial charge in [0.1, 0.15) is 5.82 Å². The highest BCUT2D eigenvalue weighted by Gasteiger charge is 2.31. The SMILES string of the molecule is O=C(CCCCSc1nnc(Cc2ccccc2)n1-c1cccc(C(F)(F)F)c1)N1CCN(Cc2ccccc2)CC1. The highest BCUT2D eigenvalue weighted by Crippen LogP contribution is 2.32. The smallest absolute Gasteiger partial charge is 0.340 e. The molecule has 0 spiro atoms. The van der Waals surface area contributed by atoms with Crippen LogP contribution in [0.5, 0.6) is 0 Å². The summed E-state index contributed by atoms with van der Waals surface area (Å²) in [7, 11) is 0. The molecule has 1 aromatic heterocycles. The van der Waals surface area contributed by atoms with E-state index in [2.05, 4.69) is 27.2 Å². The van der Waals surface area contributed by atoms with Crippen LogP contribution in [-0.2, 0) is 23.9 Å². The quantitative estimate of drug-likeness (QED) is 0.147. The van der Waals surface area contributed by atoms with Gasteiger partial charge in [0.25, 0.3) is 0 Å². The van der Waals surface area contributed by atoms with E-state index in [0.29, 0.717) is 35.3 Å². The maximum Gasteiger partial charge on any atom is 0.416 e. The Morgan fingerprint density at radius 2 is 1.50 bits per heavy atom. The first-order valence-electron chi connectivity index (χ1n) is 14.2. The highest BCUT2D eigenvalue weighted by molar-refractivity contribution is 7.99. The van der Waals surface area contributed by atoms with Crippen LogP contribution in [0.3, 0.4) is 0 Å². The lowest BCUT2D eigenvalue weighted by Crippen LogP contribution is -2.48. The lowest BCUT2D eigenvalue weighted by Gasteiger charge is -2.34. The molecule has 0 saturated carbocycles. The molecule has 1 saturated heterocycles. The third-order valence-electron chi connectivity index (χ3n) is 7.33. The van der Waals surface area contributed by atoms with Gasteiger partial charge in [-0.05, 0) is 42.2 Å². The molecule has 0 atom stereocenters. The maximum atomic E-state index is 13.5. The van der Waals surface area contributed by atoms with E-state index in [1.165, 1.54) is 23.4 Å². The summed E-state index contributed by atoms with van der Waals surface area (Å²) in [5.74, 6) is 1.43. The van der Waals surface area contributed by atoms with E-state index >= 15 is 0 Å². The van der Waals surface area contributed by atoms with Gasteiger partial charge in [0.05, 0.1) is 11.3 Å². The Hall–Kier alpha value is -3.63. The van der Waals surface area contributed by atoms with Crippen molar-refractivity contribution < 1.29 is 18.0 Å². The molecule has 0 N–H and O–H groups in total. The second-order valence-corrected chi connectivity index (χ2v) is 11.5. The van der Waals surface area contributed by atoms with Crippen molar-refractivity contribution in [2.24, 2.45) is 0 Å². The van der Waals surface area contributed by atoms with E-state index in [-0.39, 0.29) is 5.91 Å². The number of amides is 1. The molecule has 10 heteroatoms. The van der Waals surface area contributed by atoms with E-state index in [4.69, 9.17) is 0 Å². The summed E-state index contributed by atoms with van der Waals surface area (Å²) < 4.78 is 42.1. The molecule has 3 aromatic carbocycles. The van der Waals surface area contributed by atoms with E-state index in [0.717, 1.165) is 63.3 Å². The average molecular weight is 594 g/mol. The van der Waals surface area contributed by atoms with Crippen LogP contribution >= 0.6 is 11.8 Å². The number of unbranched alkanes of at least 4 members (excludes halogenated alkanes) is 1. The van der Waals surface area contributed by atoms with Gasteiger partial charge in [0.2, 0.25) is 5.91 Å². The zero-order valence-electron chi connectivity index (χ0n) is 23.3. The molecule has 1 aliphatic rings. The van der Waals surface area contributed by atoms with Gasteiger partial charge in [-0.15, -0.1) is 10.2 Å². The first kappa shape index (κ1) is 29.8. The number of thioether (sulfide) groups is 1. The first-order valence-corrected chi connectivity index (χ1v) is 15.2. The number of carbonyl (C=O) groups excluding carboxylic acids is 1. The molecule has 1 amide bonds. The maximum absolute atomic E-state index is 13.5. The van der Waals surface area contributed by atoms with Crippen molar-refractivity contribution in [3.05, 3.63) is 107 Å². The second-order valence-electron chi connectivity index (χ2n) is 10.4. The van der Waals surface area contributed by atoms with Gasteiger partial charge in [-0.25, -0.2) is 0 Å². The van der Waals surface area contributed by atoms with Gasteiger partial charge in [-0.1, -0.05) is 78.5 Å². The summed E-state index contributed by atoms with van der Waals surface area (Å²) in [6.07, 6.45) is -1.99. The molecular weight excluding hydrogens is 559 g/mol. The van der Waals surface area contributed by atoms with Crippen LogP contribution in [0.15, 0.2) is 90.1 Å². The van der Waals surface area contributed by atoms with Crippen LogP contribution in [0.2, 0.25) is 0 Å². The van der Waals surface area contributed by atoms with Gasteiger partial charge in [-0.2, -0.15) is 13.2 Å². The Labute approximate surface area is 248 Å². The Morgan fingerprint density at radius 1 is 0.810 bits per heavy atom.